The lowest BCUT2D eigenvalue weighted by atomic mass is 9.86. The van der Waals surface area contributed by atoms with Gasteiger partial charge < -0.3 is 4.74 Å². The number of methoxy groups -OCH3 is 1. The lowest BCUT2D eigenvalue weighted by molar-refractivity contribution is -0.146. The molecule has 6 heteroatoms. The van der Waals surface area contributed by atoms with Crippen LogP contribution in [0.4, 0.5) is 0 Å². The molecule has 0 aromatic rings. The number of sulfonamides is 1. The van der Waals surface area contributed by atoms with E-state index in [2.05, 4.69) is 4.72 Å². The molecule has 112 valence electrons. The Kier molecular flexibility index (Phi) is 6.26. The second-order valence-electron chi connectivity index (χ2n) is 5.69. The number of carbonyl (C=O) groups is 1. The summed E-state index contributed by atoms with van der Waals surface area (Å²) in [6.45, 7) is 4.02. The van der Waals surface area contributed by atoms with Crippen LogP contribution in [-0.2, 0) is 19.6 Å². The van der Waals surface area contributed by atoms with Gasteiger partial charge in [-0.3, -0.25) is 4.79 Å². The van der Waals surface area contributed by atoms with E-state index in [1.165, 1.54) is 7.11 Å². The number of carbonyl (C=O) groups excluding carboxylic acids is 1. The number of esters is 1. The van der Waals surface area contributed by atoms with Crippen molar-refractivity contribution in [1.29, 1.82) is 0 Å². The first-order chi connectivity index (χ1) is 8.84. The zero-order valence-corrected chi connectivity index (χ0v) is 12.8. The molecule has 0 heterocycles. The molecule has 1 saturated carbocycles. The van der Waals surface area contributed by atoms with E-state index in [9.17, 15) is 13.2 Å². The SMILES string of the molecule is COC(=O)C1CCC(NS(=O)(=O)CCC(C)C)CC1. The largest absolute Gasteiger partial charge is 0.469 e. The summed E-state index contributed by atoms with van der Waals surface area (Å²) in [5, 5.41) is 0. The summed E-state index contributed by atoms with van der Waals surface area (Å²) in [6, 6.07) is -0.0296. The Morgan fingerprint density at radius 1 is 1.26 bits per heavy atom. The highest BCUT2D eigenvalue weighted by Crippen LogP contribution is 2.25. The number of hydrogen-bond acceptors (Lipinski definition) is 4. The molecule has 1 fully saturated rings. The molecule has 0 aromatic carbocycles. The standard InChI is InChI=1S/C13H25NO4S/c1-10(2)8-9-19(16,17)14-12-6-4-11(5-7-12)13(15)18-3/h10-12,14H,4-9H2,1-3H3. The Balaban J connectivity index is 2.38. The maximum atomic E-state index is 11.9. The Hall–Kier alpha value is -0.620. The maximum Gasteiger partial charge on any atom is 0.308 e. The van der Waals surface area contributed by atoms with Gasteiger partial charge in [-0.15, -0.1) is 0 Å². The van der Waals surface area contributed by atoms with Gasteiger partial charge in [0.05, 0.1) is 18.8 Å². The van der Waals surface area contributed by atoms with Crippen molar-refractivity contribution in [3.63, 3.8) is 0 Å². The van der Waals surface area contributed by atoms with E-state index in [0.717, 1.165) is 0 Å². The van der Waals surface area contributed by atoms with Gasteiger partial charge in [-0.25, -0.2) is 13.1 Å². The normalized spacial score (nSPS) is 24.4. The minimum absolute atomic E-state index is 0.0296. The summed E-state index contributed by atoms with van der Waals surface area (Å²) in [5.74, 6) is 0.316. The van der Waals surface area contributed by atoms with Gasteiger partial charge in [-0.2, -0.15) is 0 Å². The monoisotopic (exact) mass is 291 g/mol. The van der Waals surface area contributed by atoms with E-state index in [-0.39, 0.29) is 23.7 Å². The molecule has 0 unspecified atom stereocenters. The maximum absolute atomic E-state index is 11.9. The molecule has 0 aliphatic heterocycles. The van der Waals surface area contributed by atoms with Crippen molar-refractivity contribution < 1.29 is 17.9 Å². The smallest absolute Gasteiger partial charge is 0.308 e. The van der Waals surface area contributed by atoms with Crippen molar-refractivity contribution in [2.75, 3.05) is 12.9 Å². The highest BCUT2D eigenvalue weighted by Gasteiger charge is 2.28. The topological polar surface area (TPSA) is 72.5 Å². The minimum atomic E-state index is -3.19. The molecule has 19 heavy (non-hydrogen) atoms. The van der Waals surface area contributed by atoms with Crippen molar-refractivity contribution in [1.82, 2.24) is 4.72 Å². The molecule has 5 nitrogen and oxygen atoms in total. The van der Waals surface area contributed by atoms with Crippen LogP contribution in [0, 0.1) is 11.8 Å². The Morgan fingerprint density at radius 3 is 2.32 bits per heavy atom. The Bertz CT molecular complexity index is 383. The molecule has 0 atom stereocenters. The summed E-state index contributed by atoms with van der Waals surface area (Å²) in [6.07, 6.45) is 3.49. The van der Waals surface area contributed by atoms with E-state index >= 15 is 0 Å². The fourth-order valence-electron chi connectivity index (χ4n) is 2.32. The average molecular weight is 291 g/mol. The lowest BCUT2D eigenvalue weighted by Gasteiger charge is -2.27. The number of ether oxygens (including phenoxy) is 1. The minimum Gasteiger partial charge on any atom is -0.469 e. The van der Waals surface area contributed by atoms with Crippen molar-refractivity contribution in [3.8, 4) is 0 Å². The van der Waals surface area contributed by atoms with Crippen molar-refractivity contribution >= 4 is 16.0 Å². The molecule has 0 radical (unpaired) electrons. The van der Waals surface area contributed by atoms with E-state index in [1.54, 1.807) is 0 Å². The van der Waals surface area contributed by atoms with Gasteiger partial charge in [-0.1, -0.05) is 13.8 Å². The average Bonchev–Trinajstić information content (AvgIpc) is 2.36. The van der Waals surface area contributed by atoms with Gasteiger partial charge in [0.25, 0.3) is 0 Å². The van der Waals surface area contributed by atoms with Gasteiger partial charge in [0, 0.05) is 6.04 Å². The van der Waals surface area contributed by atoms with Crippen LogP contribution in [0.3, 0.4) is 0 Å². The van der Waals surface area contributed by atoms with E-state index < -0.39 is 10.0 Å². The highest BCUT2D eigenvalue weighted by molar-refractivity contribution is 7.89. The summed E-state index contributed by atoms with van der Waals surface area (Å²) >= 11 is 0. The van der Waals surface area contributed by atoms with Crippen LogP contribution in [0.25, 0.3) is 0 Å². The second-order valence-corrected chi connectivity index (χ2v) is 7.56. The molecular weight excluding hydrogens is 266 g/mol. The summed E-state index contributed by atoms with van der Waals surface area (Å²) in [5.41, 5.74) is 0. The van der Waals surface area contributed by atoms with Gasteiger partial charge in [0.2, 0.25) is 10.0 Å². The van der Waals surface area contributed by atoms with Crippen LogP contribution in [0.15, 0.2) is 0 Å². The lowest BCUT2D eigenvalue weighted by Crippen LogP contribution is -2.40. The summed E-state index contributed by atoms with van der Waals surface area (Å²) < 4.78 is 31.2. The highest BCUT2D eigenvalue weighted by atomic mass is 32.2. The molecule has 1 aliphatic carbocycles. The summed E-state index contributed by atoms with van der Waals surface area (Å²) in [4.78, 5) is 11.4. The van der Waals surface area contributed by atoms with Crippen LogP contribution in [0.1, 0.15) is 46.0 Å². The van der Waals surface area contributed by atoms with Gasteiger partial charge >= 0.3 is 5.97 Å². The quantitative estimate of drug-likeness (QED) is 0.756. The van der Waals surface area contributed by atoms with Crippen LogP contribution in [-0.4, -0.2) is 33.3 Å². The second kappa shape index (κ2) is 7.24. The first-order valence-corrected chi connectivity index (χ1v) is 8.57. The third-order valence-electron chi connectivity index (χ3n) is 3.57. The third-order valence-corrected chi connectivity index (χ3v) is 5.04. The van der Waals surface area contributed by atoms with Crippen LogP contribution >= 0.6 is 0 Å². The molecule has 0 spiro atoms. The zero-order valence-electron chi connectivity index (χ0n) is 12.0. The molecule has 1 N–H and O–H groups in total. The van der Waals surface area contributed by atoms with Gasteiger partial charge in [0.1, 0.15) is 0 Å². The van der Waals surface area contributed by atoms with Crippen molar-refractivity contribution in [2.24, 2.45) is 11.8 Å². The predicted molar refractivity (Wildman–Crippen MR) is 74.1 cm³/mol. The number of rotatable bonds is 6. The first-order valence-electron chi connectivity index (χ1n) is 6.92. The molecule has 0 bridgehead atoms. The van der Waals surface area contributed by atoms with Gasteiger partial charge in [-0.05, 0) is 38.0 Å². The molecule has 1 aliphatic rings. The number of nitrogens with one attached hydrogen (secondary N) is 1. The Morgan fingerprint density at radius 2 is 1.84 bits per heavy atom. The first kappa shape index (κ1) is 16.4. The van der Waals surface area contributed by atoms with E-state index in [0.29, 0.717) is 38.0 Å². The van der Waals surface area contributed by atoms with Crippen molar-refractivity contribution in [3.05, 3.63) is 0 Å². The van der Waals surface area contributed by atoms with Gasteiger partial charge in [0.15, 0.2) is 0 Å². The number of hydrogen-bond donors (Lipinski definition) is 1. The van der Waals surface area contributed by atoms with E-state index in [4.69, 9.17) is 4.74 Å². The molecule has 0 saturated heterocycles. The van der Waals surface area contributed by atoms with Crippen LogP contribution < -0.4 is 4.72 Å². The van der Waals surface area contributed by atoms with E-state index in [1.807, 2.05) is 13.8 Å². The Labute approximate surface area is 116 Å². The van der Waals surface area contributed by atoms with Crippen LogP contribution in [0.5, 0.6) is 0 Å². The zero-order chi connectivity index (χ0) is 14.5. The molecule has 0 amide bonds. The van der Waals surface area contributed by atoms with Crippen LogP contribution in [0.2, 0.25) is 0 Å². The third kappa shape index (κ3) is 5.91. The summed E-state index contributed by atoms with van der Waals surface area (Å²) in [7, 11) is -1.79. The fourth-order valence-corrected chi connectivity index (χ4v) is 3.96. The molecule has 1 rings (SSSR count). The predicted octanol–water partition coefficient (Wildman–Crippen LogP) is 1.68. The van der Waals surface area contributed by atoms with Crippen molar-refractivity contribution in [2.45, 2.75) is 52.0 Å². The fraction of sp³-hybridized carbons (Fsp3) is 0.923. The molecular formula is C13H25NO4S. The molecule has 0 aromatic heterocycles.